The molecule has 25 heavy (non-hydrogen) atoms. The number of ether oxygens (including phenoxy) is 1. The van der Waals surface area contributed by atoms with Crippen LogP contribution in [0.25, 0.3) is 0 Å². The number of aryl methyl sites for hydroxylation is 1. The van der Waals surface area contributed by atoms with Crippen LogP contribution in [-0.2, 0) is 21.1 Å². The van der Waals surface area contributed by atoms with E-state index in [-0.39, 0.29) is 29.9 Å². The van der Waals surface area contributed by atoms with Gasteiger partial charge in [0.2, 0.25) is 5.91 Å². The van der Waals surface area contributed by atoms with Crippen LogP contribution in [0.15, 0.2) is 18.2 Å². The van der Waals surface area contributed by atoms with Crippen molar-refractivity contribution in [2.24, 2.45) is 0 Å². The van der Waals surface area contributed by atoms with E-state index < -0.39 is 9.84 Å². The lowest BCUT2D eigenvalue weighted by molar-refractivity contribution is -0.132. The molecule has 1 atom stereocenters. The maximum Gasteiger partial charge on any atom is 0.227 e. The molecule has 6 nitrogen and oxygen atoms in total. The second-order valence-electron chi connectivity index (χ2n) is 6.94. The van der Waals surface area contributed by atoms with E-state index in [9.17, 15) is 13.2 Å². The van der Waals surface area contributed by atoms with Crippen LogP contribution in [0.4, 0.5) is 0 Å². The van der Waals surface area contributed by atoms with E-state index >= 15 is 0 Å². The second-order valence-corrected chi connectivity index (χ2v) is 9.17. The van der Waals surface area contributed by atoms with Gasteiger partial charge in [0.25, 0.3) is 0 Å². The maximum absolute atomic E-state index is 13.0. The lowest BCUT2D eigenvalue weighted by Crippen LogP contribution is -2.45. The number of sulfone groups is 1. The van der Waals surface area contributed by atoms with Crippen LogP contribution in [0.3, 0.4) is 0 Å². The number of hydrogen-bond acceptors (Lipinski definition) is 5. The minimum Gasteiger partial charge on any atom is -0.496 e. The van der Waals surface area contributed by atoms with Crippen LogP contribution >= 0.6 is 0 Å². The van der Waals surface area contributed by atoms with E-state index in [1.807, 2.05) is 44.1 Å². The zero-order valence-corrected chi connectivity index (χ0v) is 16.3. The van der Waals surface area contributed by atoms with E-state index in [2.05, 4.69) is 0 Å². The van der Waals surface area contributed by atoms with Crippen molar-refractivity contribution in [2.75, 3.05) is 45.8 Å². The summed E-state index contributed by atoms with van der Waals surface area (Å²) in [5.74, 6) is 0.868. The van der Waals surface area contributed by atoms with Crippen molar-refractivity contribution >= 4 is 15.7 Å². The van der Waals surface area contributed by atoms with Crippen LogP contribution in [-0.4, -0.2) is 76.0 Å². The average molecular weight is 368 g/mol. The molecule has 1 aliphatic rings. The molecule has 1 saturated heterocycles. The standard InChI is InChI=1S/C18H28N2O4S/c1-14-5-6-17(24-4)15(11-14)12-18(21)20(9-8-19(2)3)16-7-10-25(22,23)13-16/h5-6,11,16H,7-10,12-13H2,1-4H3. The first-order chi connectivity index (χ1) is 11.7. The van der Waals surface area contributed by atoms with Gasteiger partial charge in [0.05, 0.1) is 25.0 Å². The van der Waals surface area contributed by atoms with Crippen molar-refractivity contribution in [2.45, 2.75) is 25.8 Å². The summed E-state index contributed by atoms with van der Waals surface area (Å²) < 4.78 is 29.0. The highest BCUT2D eigenvalue weighted by Gasteiger charge is 2.34. The SMILES string of the molecule is COc1ccc(C)cc1CC(=O)N(CCN(C)C)C1CCS(=O)(=O)C1. The van der Waals surface area contributed by atoms with Gasteiger partial charge in [-0.05, 0) is 33.5 Å². The quantitative estimate of drug-likeness (QED) is 0.722. The number of amides is 1. The minimum atomic E-state index is -3.04. The van der Waals surface area contributed by atoms with Gasteiger partial charge in [0.1, 0.15) is 5.75 Å². The van der Waals surface area contributed by atoms with Gasteiger partial charge in [0.15, 0.2) is 9.84 Å². The Morgan fingerprint density at radius 2 is 2.00 bits per heavy atom. The molecule has 0 saturated carbocycles. The Labute approximate surface area is 150 Å². The molecule has 1 unspecified atom stereocenters. The molecule has 1 heterocycles. The lowest BCUT2D eigenvalue weighted by Gasteiger charge is -2.30. The first kappa shape index (κ1) is 19.7. The van der Waals surface area contributed by atoms with Gasteiger partial charge in [-0.15, -0.1) is 0 Å². The number of methoxy groups -OCH3 is 1. The molecule has 140 valence electrons. The average Bonchev–Trinajstić information content (AvgIpc) is 2.87. The molecule has 0 aromatic heterocycles. The molecular formula is C18H28N2O4S. The lowest BCUT2D eigenvalue weighted by atomic mass is 10.1. The number of rotatable bonds is 7. The summed E-state index contributed by atoms with van der Waals surface area (Å²) in [6, 6.07) is 5.53. The summed E-state index contributed by atoms with van der Waals surface area (Å²) >= 11 is 0. The van der Waals surface area contributed by atoms with Gasteiger partial charge in [-0.25, -0.2) is 8.42 Å². The van der Waals surface area contributed by atoms with E-state index in [0.29, 0.717) is 25.3 Å². The fraction of sp³-hybridized carbons (Fsp3) is 0.611. The first-order valence-corrected chi connectivity index (χ1v) is 10.3. The monoisotopic (exact) mass is 368 g/mol. The van der Waals surface area contributed by atoms with Crippen LogP contribution in [0, 0.1) is 6.92 Å². The zero-order chi connectivity index (χ0) is 18.6. The van der Waals surface area contributed by atoms with E-state index in [1.165, 1.54) is 0 Å². The Kier molecular flexibility index (Phi) is 6.46. The van der Waals surface area contributed by atoms with Crippen molar-refractivity contribution in [3.05, 3.63) is 29.3 Å². The van der Waals surface area contributed by atoms with Crippen molar-refractivity contribution in [1.82, 2.24) is 9.80 Å². The number of nitrogens with zero attached hydrogens (tertiary/aromatic N) is 2. The van der Waals surface area contributed by atoms with Crippen LogP contribution in [0.2, 0.25) is 0 Å². The highest BCUT2D eigenvalue weighted by molar-refractivity contribution is 7.91. The maximum atomic E-state index is 13.0. The summed E-state index contributed by atoms with van der Waals surface area (Å²) in [4.78, 5) is 16.7. The fourth-order valence-corrected chi connectivity index (χ4v) is 4.88. The Bertz CT molecular complexity index is 716. The van der Waals surface area contributed by atoms with E-state index in [0.717, 1.165) is 11.1 Å². The molecule has 0 spiro atoms. The molecule has 1 fully saturated rings. The summed E-state index contributed by atoms with van der Waals surface area (Å²) in [7, 11) is 2.44. The highest BCUT2D eigenvalue weighted by Crippen LogP contribution is 2.23. The Morgan fingerprint density at radius 1 is 1.28 bits per heavy atom. The molecule has 0 bridgehead atoms. The van der Waals surface area contributed by atoms with Gasteiger partial charge in [-0.3, -0.25) is 4.79 Å². The predicted octanol–water partition coefficient (Wildman–Crippen LogP) is 1.12. The Morgan fingerprint density at radius 3 is 2.56 bits per heavy atom. The van der Waals surface area contributed by atoms with Crippen molar-refractivity contribution < 1.29 is 17.9 Å². The molecule has 1 aromatic carbocycles. The van der Waals surface area contributed by atoms with Gasteiger partial charge < -0.3 is 14.5 Å². The van der Waals surface area contributed by atoms with E-state index in [4.69, 9.17) is 4.74 Å². The molecule has 1 aliphatic heterocycles. The van der Waals surface area contributed by atoms with Crippen LogP contribution in [0.1, 0.15) is 17.5 Å². The van der Waals surface area contributed by atoms with Crippen molar-refractivity contribution in [1.29, 1.82) is 0 Å². The van der Waals surface area contributed by atoms with Crippen molar-refractivity contribution in [3.63, 3.8) is 0 Å². The number of carbonyl (C=O) groups excluding carboxylic acids is 1. The third kappa shape index (κ3) is 5.44. The largest absolute Gasteiger partial charge is 0.496 e. The number of hydrogen-bond donors (Lipinski definition) is 0. The zero-order valence-electron chi connectivity index (χ0n) is 15.5. The third-order valence-electron chi connectivity index (χ3n) is 4.54. The summed E-state index contributed by atoms with van der Waals surface area (Å²) in [5.41, 5.74) is 1.90. The number of likely N-dealkylation sites (N-methyl/N-ethyl adjacent to an activating group) is 1. The van der Waals surface area contributed by atoms with Crippen molar-refractivity contribution in [3.8, 4) is 5.75 Å². The first-order valence-electron chi connectivity index (χ1n) is 8.50. The van der Waals surface area contributed by atoms with E-state index in [1.54, 1.807) is 12.0 Å². The second kappa shape index (κ2) is 8.19. The van der Waals surface area contributed by atoms with Crippen LogP contribution in [0.5, 0.6) is 5.75 Å². The summed E-state index contributed by atoms with van der Waals surface area (Å²) in [5, 5.41) is 0. The Balaban J connectivity index is 2.19. The molecule has 0 aliphatic carbocycles. The number of benzene rings is 1. The molecular weight excluding hydrogens is 340 g/mol. The number of carbonyl (C=O) groups is 1. The molecule has 7 heteroatoms. The topological polar surface area (TPSA) is 66.9 Å². The van der Waals surface area contributed by atoms with Gasteiger partial charge in [-0.2, -0.15) is 0 Å². The van der Waals surface area contributed by atoms with Gasteiger partial charge >= 0.3 is 0 Å². The molecule has 1 amide bonds. The third-order valence-corrected chi connectivity index (χ3v) is 6.29. The summed E-state index contributed by atoms with van der Waals surface area (Å²) in [6.07, 6.45) is 0.737. The van der Waals surface area contributed by atoms with Gasteiger partial charge in [0, 0.05) is 24.7 Å². The smallest absolute Gasteiger partial charge is 0.227 e. The molecule has 0 radical (unpaired) electrons. The molecule has 0 N–H and O–H groups in total. The van der Waals surface area contributed by atoms with Gasteiger partial charge in [-0.1, -0.05) is 17.7 Å². The molecule has 1 aromatic rings. The highest BCUT2D eigenvalue weighted by atomic mass is 32.2. The Hall–Kier alpha value is -1.60. The van der Waals surface area contributed by atoms with Crippen LogP contribution < -0.4 is 4.74 Å². The molecule has 2 rings (SSSR count). The normalized spacial score (nSPS) is 19.2. The summed E-state index contributed by atoms with van der Waals surface area (Å²) in [6.45, 7) is 3.20. The minimum absolute atomic E-state index is 0.0483. The predicted molar refractivity (Wildman–Crippen MR) is 98.8 cm³/mol. The fourth-order valence-electron chi connectivity index (χ4n) is 3.15.